The van der Waals surface area contributed by atoms with Crippen LogP contribution < -0.4 is 10.6 Å². The zero-order valence-electron chi connectivity index (χ0n) is 7.32. The number of hydrogen-bond acceptors (Lipinski definition) is 2. The Morgan fingerprint density at radius 3 is 2.55 bits per heavy atom. The maximum absolute atomic E-state index is 3.88. The van der Waals surface area contributed by atoms with E-state index in [2.05, 4.69) is 30.4 Å². The quantitative estimate of drug-likeness (QED) is 0.585. The standard InChI is InChI=1S/C7H14N2.C2H4/c1-6(8-2)7-4-3-5-9-7;1-2/h7-9H,1,3-5H2,2H3;1-2H2/t7-;/m0./s1. The molecule has 2 heteroatoms. The number of likely N-dealkylation sites (N-methyl/N-ethyl adjacent to an activating group) is 1. The van der Waals surface area contributed by atoms with E-state index in [-0.39, 0.29) is 0 Å². The van der Waals surface area contributed by atoms with Crippen molar-refractivity contribution in [3.8, 4) is 0 Å². The first-order valence-corrected chi connectivity index (χ1v) is 3.94. The molecule has 1 aliphatic heterocycles. The highest BCUT2D eigenvalue weighted by atomic mass is 15.0. The molecule has 11 heavy (non-hydrogen) atoms. The Morgan fingerprint density at radius 1 is 1.55 bits per heavy atom. The first-order chi connectivity index (χ1) is 5.34. The van der Waals surface area contributed by atoms with Gasteiger partial charge < -0.3 is 10.6 Å². The smallest absolute Gasteiger partial charge is 0.0463 e. The first kappa shape index (κ1) is 10.2. The zero-order valence-corrected chi connectivity index (χ0v) is 7.32. The summed E-state index contributed by atoms with van der Waals surface area (Å²) >= 11 is 0. The topological polar surface area (TPSA) is 24.1 Å². The third kappa shape index (κ3) is 3.23. The molecule has 0 spiro atoms. The predicted octanol–water partition coefficient (Wildman–Crippen LogP) is 1.27. The van der Waals surface area contributed by atoms with Crippen LogP contribution >= 0.6 is 0 Å². The van der Waals surface area contributed by atoms with Crippen LogP contribution in [-0.4, -0.2) is 19.6 Å². The van der Waals surface area contributed by atoms with E-state index in [0.29, 0.717) is 6.04 Å². The van der Waals surface area contributed by atoms with Crippen molar-refractivity contribution in [3.05, 3.63) is 25.4 Å². The molecule has 1 fully saturated rings. The molecule has 1 rings (SSSR count). The number of nitrogens with one attached hydrogen (secondary N) is 2. The van der Waals surface area contributed by atoms with Crippen molar-refractivity contribution in [2.75, 3.05) is 13.6 Å². The molecule has 1 heterocycles. The highest BCUT2D eigenvalue weighted by molar-refractivity contribution is 5.04. The molecule has 0 aromatic rings. The van der Waals surface area contributed by atoms with E-state index in [4.69, 9.17) is 0 Å². The minimum Gasteiger partial charge on any atom is -0.391 e. The van der Waals surface area contributed by atoms with E-state index in [1.807, 2.05) is 7.05 Å². The Hall–Kier alpha value is -0.760. The summed E-state index contributed by atoms with van der Waals surface area (Å²) in [7, 11) is 1.92. The largest absolute Gasteiger partial charge is 0.391 e. The second-order valence-electron chi connectivity index (χ2n) is 2.42. The average Bonchev–Trinajstić information content (AvgIpc) is 2.59. The van der Waals surface area contributed by atoms with Crippen molar-refractivity contribution in [3.63, 3.8) is 0 Å². The summed E-state index contributed by atoms with van der Waals surface area (Å²) in [5.41, 5.74) is 1.12. The number of hydrogen-bond donors (Lipinski definition) is 2. The molecule has 2 nitrogen and oxygen atoms in total. The van der Waals surface area contributed by atoms with Crippen LogP contribution in [-0.2, 0) is 0 Å². The van der Waals surface area contributed by atoms with Gasteiger partial charge in [-0.1, -0.05) is 6.58 Å². The van der Waals surface area contributed by atoms with E-state index in [1.165, 1.54) is 12.8 Å². The van der Waals surface area contributed by atoms with E-state index >= 15 is 0 Å². The molecule has 0 saturated carbocycles. The van der Waals surface area contributed by atoms with Crippen LogP contribution in [0, 0.1) is 0 Å². The minimum atomic E-state index is 0.523. The summed E-state index contributed by atoms with van der Waals surface area (Å²) in [5.74, 6) is 0. The van der Waals surface area contributed by atoms with Gasteiger partial charge in [0.05, 0.1) is 0 Å². The molecular formula is C9H18N2. The van der Waals surface area contributed by atoms with Crippen LogP contribution in [0.4, 0.5) is 0 Å². The Labute approximate surface area is 69.4 Å². The zero-order chi connectivity index (χ0) is 8.69. The monoisotopic (exact) mass is 154 g/mol. The van der Waals surface area contributed by atoms with Crippen molar-refractivity contribution in [2.45, 2.75) is 18.9 Å². The van der Waals surface area contributed by atoms with E-state index in [1.54, 1.807) is 0 Å². The normalized spacial score (nSPS) is 21.7. The minimum absolute atomic E-state index is 0.523. The molecule has 0 aromatic carbocycles. The molecule has 64 valence electrons. The summed E-state index contributed by atoms with van der Waals surface area (Å²) in [5, 5.41) is 6.40. The van der Waals surface area contributed by atoms with Crippen molar-refractivity contribution in [1.29, 1.82) is 0 Å². The van der Waals surface area contributed by atoms with E-state index in [9.17, 15) is 0 Å². The van der Waals surface area contributed by atoms with Gasteiger partial charge in [0, 0.05) is 18.8 Å². The Morgan fingerprint density at radius 2 is 2.18 bits per heavy atom. The molecule has 0 bridgehead atoms. The summed E-state index contributed by atoms with van der Waals surface area (Å²) in [4.78, 5) is 0. The van der Waals surface area contributed by atoms with Gasteiger partial charge in [0.15, 0.2) is 0 Å². The third-order valence-electron chi connectivity index (χ3n) is 1.80. The van der Waals surface area contributed by atoms with Crippen LogP contribution in [0.3, 0.4) is 0 Å². The van der Waals surface area contributed by atoms with Gasteiger partial charge in [-0.15, -0.1) is 13.2 Å². The molecule has 0 aliphatic carbocycles. The molecule has 1 saturated heterocycles. The number of rotatable bonds is 2. The molecule has 0 radical (unpaired) electrons. The molecule has 0 amide bonds. The second kappa shape index (κ2) is 5.98. The van der Waals surface area contributed by atoms with E-state index in [0.717, 1.165) is 12.2 Å². The lowest BCUT2D eigenvalue weighted by Crippen LogP contribution is -2.28. The fourth-order valence-electron chi connectivity index (χ4n) is 1.16. The van der Waals surface area contributed by atoms with Crippen molar-refractivity contribution >= 4 is 0 Å². The van der Waals surface area contributed by atoms with Gasteiger partial charge in [0.1, 0.15) is 0 Å². The summed E-state index contributed by atoms with van der Waals surface area (Å²) in [6.45, 7) is 11.0. The lowest BCUT2D eigenvalue weighted by Gasteiger charge is -2.11. The Balaban J connectivity index is 0.000000461. The van der Waals surface area contributed by atoms with Crippen LogP contribution in [0.1, 0.15) is 12.8 Å². The highest BCUT2D eigenvalue weighted by Crippen LogP contribution is 2.09. The van der Waals surface area contributed by atoms with Crippen molar-refractivity contribution in [1.82, 2.24) is 10.6 Å². The van der Waals surface area contributed by atoms with Gasteiger partial charge in [0.25, 0.3) is 0 Å². The fraction of sp³-hybridized carbons (Fsp3) is 0.556. The Kier molecular flexibility index (Phi) is 5.57. The fourth-order valence-corrected chi connectivity index (χ4v) is 1.16. The lowest BCUT2D eigenvalue weighted by atomic mass is 10.2. The summed E-state index contributed by atoms with van der Waals surface area (Å²) in [6, 6.07) is 0.523. The van der Waals surface area contributed by atoms with E-state index < -0.39 is 0 Å². The third-order valence-corrected chi connectivity index (χ3v) is 1.80. The highest BCUT2D eigenvalue weighted by Gasteiger charge is 2.15. The molecule has 1 atom stereocenters. The van der Waals surface area contributed by atoms with Crippen LogP contribution in [0.5, 0.6) is 0 Å². The SMILES string of the molecule is C=C.C=C(NC)[C@@H]1CCCN1. The van der Waals surface area contributed by atoms with Crippen LogP contribution in [0.15, 0.2) is 25.4 Å². The molecule has 0 aromatic heterocycles. The predicted molar refractivity (Wildman–Crippen MR) is 50.5 cm³/mol. The summed E-state index contributed by atoms with van der Waals surface area (Å²) in [6.07, 6.45) is 2.52. The van der Waals surface area contributed by atoms with Gasteiger partial charge in [-0.2, -0.15) is 0 Å². The molecule has 2 N–H and O–H groups in total. The van der Waals surface area contributed by atoms with Crippen molar-refractivity contribution < 1.29 is 0 Å². The van der Waals surface area contributed by atoms with Crippen LogP contribution in [0.25, 0.3) is 0 Å². The van der Waals surface area contributed by atoms with Gasteiger partial charge in [-0.3, -0.25) is 0 Å². The second-order valence-corrected chi connectivity index (χ2v) is 2.42. The van der Waals surface area contributed by atoms with Crippen molar-refractivity contribution in [2.24, 2.45) is 0 Å². The Bertz CT molecular complexity index is 115. The van der Waals surface area contributed by atoms with Gasteiger partial charge in [0.2, 0.25) is 0 Å². The maximum Gasteiger partial charge on any atom is 0.0463 e. The molecule has 1 aliphatic rings. The van der Waals surface area contributed by atoms with Gasteiger partial charge in [-0.05, 0) is 19.4 Å². The maximum atomic E-state index is 3.88. The molecule has 0 unspecified atom stereocenters. The van der Waals surface area contributed by atoms with Gasteiger partial charge in [-0.25, -0.2) is 0 Å². The lowest BCUT2D eigenvalue weighted by molar-refractivity contribution is 0.650. The van der Waals surface area contributed by atoms with Gasteiger partial charge >= 0.3 is 0 Å². The summed E-state index contributed by atoms with van der Waals surface area (Å²) < 4.78 is 0. The average molecular weight is 154 g/mol. The van der Waals surface area contributed by atoms with Crippen LogP contribution in [0.2, 0.25) is 0 Å². The molecular weight excluding hydrogens is 136 g/mol. The first-order valence-electron chi connectivity index (χ1n) is 3.94.